The van der Waals surface area contributed by atoms with E-state index in [0.29, 0.717) is 0 Å². The van der Waals surface area contributed by atoms with Crippen LogP contribution in [0, 0.1) is 23.7 Å². The molecule has 0 N–H and O–H groups in total. The number of hydrogen-bond donors (Lipinski definition) is 0. The number of hydrogen-bond acceptors (Lipinski definition) is 0. The first kappa shape index (κ1) is 18.3. The minimum atomic E-state index is 1.09. The molecule has 0 radical (unpaired) electrons. The highest BCUT2D eigenvalue weighted by atomic mass is 14.3. The zero-order valence-corrected chi connectivity index (χ0v) is 15.6. The van der Waals surface area contributed by atoms with Crippen LogP contribution in [-0.4, -0.2) is 0 Å². The van der Waals surface area contributed by atoms with Crippen molar-refractivity contribution < 1.29 is 0 Å². The van der Waals surface area contributed by atoms with E-state index in [9.17, 15) is 0 Å². The maximum Gasteiger partial charge on any atom is -0.0411 e. The van der Waals surface area contributed by atoms with E-state index in [1.807, 2.05) is 0 Å². The minimum absolute atomic E-state index is 1.09. The molecule has 2 saturated carbocycles. The van der Waals surface area contributed by atoms with Gasteiger partial charge in [0.15, 0.2) is 0 Å². The van der Waals surface area contributed by atoms with Gasteiger partial charge in [-0.3, -0.25) is 0 Å². The zero-order chi connectivity index (χ0) is 15.6. The Kier molecular flexibility index (Phi) is 8.93. The predicted octanol–water partition coefficient (Wildman–Crippen LogP) is 7.76. The summed E-state index contributed by atoms with van der Waals surface area (Å²) in [5.74, 6) is 4.37. The van der Waals surface area contributed by atoms with Crippen LogP contribution >= 0.6 is 0 Å². The average Bonchev–Trinajstić information content (AvgIpc) is 2.56. The lowest BCUT2D eigenvalue weighted by Gasteiger charge is -2.34. The lowest BCUT2D eigenvalue weighted by molar-refractivity contribution is 0.183. The Labute approximate surface area is 140 Å². The Hall–Kier alpha value is 0. The van der Waals surface area contributed by atoms with Crippen LogP contribution in [0.2, 0.25) is 0 Å². The molecule has 0 saturated heterocycles. The third-order valence-electron chi connectivity index (χ3n) is 6.78. The van der Waals surface area contributed by atoms with Gasteiger partial charge >= 0.3 is 0 Å². The number of rotatable bonds is 9. The summed E-state index contributed by atoms with van der Waals surface area (Å²) in [6.07, 6.45) is 24.3. The van der Waals surface area contributed by atoms with E-state index in [2.05, 4.69) is 13.8 Å². The molecule has 0 unspecified atom stereocenters. The van der Waals surface area contributed by atoms with E-state index >= 15 is 0 Å². The van der Waals surface area contributed by atoms with Crippen molar-refractivity contribution in [2.45, 2.75) is 117 Å². The molecule has 0 atom stereocenters. The van der Waals surface area contributed by atoms with Crippen LogP contribution in [0.25, 0.3) is 0 Å². The zero-order valence-electron chi connectivity index (χ0n) is 15.6. The largest absolute Gasteiger partial charge is 0.0654 e. The van der Waals surface area contributed by atoms with Gasteiger partial charge in [0.05, 0.1) is 0 Å². The molecule has 0 nitrogen and oxygen atoms in total. The van der Waals surface area contributed by atoms with Gasteiger partial charge < -0.3 is 0 Å². The van der Waals surface area contributed by atoms with Crippen molar-refractivity contribution in [1.29, 1.82) is 0 Å². The summed E-state index contributed by atoms with van der Waals surface area (Å²) in [6.45, 7) is 4.66. The van der Waals surface area contributed by atoms with Gasteiger partial charge in [-0.2, -0.15) is 0 Å². The molecule has 2 aliphatic carbocycles. The topological polar surface area (TPSA) is 0 Å². The summed E-state index contributed by atoms with van der Waals surface area (Å²) in [5.41, 5.74) is 0. The van der Waals surface area contributed by atoms with Crippen LogP contribution in [-0.2, 0) is 0 Å². The van der Waals surface area contributed by atoms with Gasteiger partial charge in [-0.15, -0.1) is 0 Å². The van der Waals surface area contributed by atoms with Crippen molar-refractivity contribution >= 4 is 0 Å². The Morgan fingerprint density at radius 1 is 0.500 bits per heavy atom. The molecule has 0 amide bonds. The number of unbranched alkanes of at least 4 members (excludes halogenated alkanes) is 3. The fraction of sp³-hybridized carbons (Fsp3) is 1.00. The first-order valence-electron chi connectivity index (χ1n) is 10.8. The molecule has 0 aromatic heterocycles. The van der Waals surface area contributed by atoms with E-state index < -0.39 is 0 Å². The molecule has 0 bridgehead atoms. The maximum absolute atomic E-state index is 2.34. The summed E-state index contributed by atoms with van der Waals surface area (Å²) in [4.78, 5) is 0. The maximum atomic E-state index is 2.34. The molecule has 0 aromatic rings. The molecule has 2 aliphatic rings. The van der Waals surface area contributed by atoms with Crippen LogP contribution in [0.3, 0.4) is 0 Å². The van der Waals surface area contributed by atoms with Crippen molar-refractivity contribution in [2.75, 3.05) is 0 Å². The van der Waals surface area contributed by atoms with E-state index in [0.717, 1.165) is 23.7 Å². The third kappa shape index (κ3) is 6.63. The second kappa shape index (κ2) is 10.7. The fourth-order valence-corrected chi connectivity index (χ4v) is 5.16. The third-order valence-corrected chi connectivity index (χ3v) is 6.78. The van der Waals surface area contributed by atoms with Gasteiger partial charge in [-0.05, 0) is 30.1 Å². The van der Waals surface area contributed by atoms with E-state index in [1.165, 1.54) is 44.9 Å². The van der Waals surface area contributed by atoms with Crippen molar-refractivity contribution in [3.05, 3.63) is 0 Å². The average molecular weight is 307 g/mol. The summed E-state index contributed by atoms with van der Waals surface area (Å²) < 4.78 is 0. The molecular weight excluding hydrogens is 264 g/mol. The van der Waals surface area contributed by atoms with Gasteiger partial charge in [-0.1, -0.05) is 110 Å². The molecule has 0 heteroatoms. The van der Waals surface area contributed by atoms with Crippen LogP contribution < -0.4 is 0 Å². The van der Waals surface area contributed by atoms with Gasteiger partial charge in [0, 0.05) is 0 Å². The SMILES string of the molecule is CCCCCC1CCC(C[C@H]2CC[C@H](CCCC)CC2)CC1. The Bertz CT molecular complexity index is 253. The summed E-state index contributed by atoms with van der Waals surface area (Å²) in [6, 6.07) is 0. The second-order valence-corrected chi connectivity index (χ2v) is 8.65. The highest BCUT2D eigenvalue weighted by molar-refractivity contribution is 4.78. The van der Waals surface area contributed by atoms with Gasteiger partial charge in [-0.25, -0.2) is 0 Å². The molecule has 2 rings (SSSR count). The first-order valence-corrected chi connectivity index (χ1v) is 10.8. The van der Waals surface area contributed by atoms with E-state index in [1.54, 1.807) is 57.8 Å². The van der Waals surface area contributed by atoms with Crippen LogP contribution in [0.1, 0.15) is 117 Å². The molecule has 0 aromatic carbocycles. The standard InChI is InChI=1S/C22H42/c1-3-5-7-9-20-12-16-22(17-13-20)18-21-14-10-19(11-15-21)8-6-4-2/h19-22H,3-18H2,1-2H3/t19-,20?,21-,22?. The smallest absolute Gasteiger partial charge is 0.0411 e. The molecule has 0 heterocycles. The molecule has 130 valence electrons. The Morgan fingerprint density at radius 2 is 0.909 bits per heavy atom. The second-order valence-electron chi connectivity index (χ2n) is 8.65. The van der Waals surface area contributed by atoms with Crippen molar-refractivity contribution in [3.8, 4) is 0 Å². The summed E-state index contributed by atoms with van der Waals surface area (Å²) in [7, 11) is 0. The molecular formula is C22H42. The lowest BCUT2D eigenvalue weighted by atomic mass is 9.72. The van der Waals surface area contributed by atoms with Crippen LogP contribution in [0.5, 0.6) is 0 Å². The van der Waals surface area contributed by atoms with Crippen molar-refractivity contribution in [1.82, 2.24) is 0 Å². The van der Waals surface area contributed by atoms with Crippen LogP contribution in [0.15, 0.2) is 0 Å². The van der Waals surface area contributed by atoms with Gasteiger partial charge in [0.2, 0.25) is 0 Å². The summed E-state index contributed by atoms with van der Waals surface area (Å²) in [5, 5.41) is 0. The van der Waals surface area contributed by atoms with E-state index in [4.69, 9.17) is 0 Å². The van der Waals surface area contributed by atoms with Gasteiger partial charge in [0.25, 0.3) is 0 Å². The minimum Gasteiger partial charge on any atom is -0.0654 e. The molecule has 0 aliphatic heterocycles. The highest BCUT2D eigenvalue weighted by Gasteiger charge is 2.26. The molecule has 2 fully saturated rings. The molecule has 0 spiro atoms. The quantitative estimate of drug-likeness (QED) is 0.382. The fourth-order valence-electron chi connectivity index (χ4n) is 5.16. The Balaban J connectivity index is 1.55. The van der Waals surface area contributed by atoms with Crippen LogP contribution in [0.4, 0.5) is 0 Å². The van der Waals surface area contributed by atoms with Gasteiger partial charge in [0.1, 0.15) is 0 Å². The van der Waals surface area contributed by atoms with Crippen molar-refractivity contribution in [3.63, 3.8) is 0 Å². The first-order chi connectivity index (χ1) is 10.8. The lowest BCUT2D eigenvalue weighted by Crippen LogP contribution is -2.21. The molecule has 22 heavy (non-hydrogen) atoms. The van der Waals surface area contributed by atoms with Crippen molar-refractivity contribution in [2.24, 2.45) is 23.7 Å². The normalized spacial score (nSPS) is 33.0. The Morgan fingerprint density at radius 3 is 1.36 bits per heavy atom. The predicted molar refractivity (Wildman–Crippen MR) is 99.2 cm³/mol. The van der Waals surface area contributed by atoms with E-state index in [-0.39, 0.29) is 0 Å². The summed E-state index contributed by atoms with van der Waals surface area (Å²) >= 11 is 0. The highest BCUT2D eigenvalue weighted by Crippen LogP contribution is 2.40. The monoisotopic (exact) mass is 306 g/mol.